The molecule has 29 heavy (non-hydrogen) atoms. The second kappa shape index (κ2) is 6.74. The third-order valence-electron chi connectivity index (χ3n) is 5.00. The van der Waals surface area contributed by atoms with Crippen LogP contribution in [0.3, 0.4) is 0 Å². The van der Waals surface area contributed by atoms with Crippen molar-refractivity contribution in [1.82, 2.24) is 24.7 Å². The van der Waals surface area contributed by atoms with Crippen LogP contribution in [0.4, 0.5) is 0 Å². The number of aromatic amines is 1. The van der Waals surface area contributed by atoms with Gasteiger partial charge in [-0.15, -0.1) is 0 Å². The molecule has 7 nitrogen and oxygen atoms in total. The largest absolute Gasteiger partial charge is 0.391 e. The molecule has 0 aliphatic carbocycles. The van der Waals surface area contributed by atoms with Crippen LogP contribution in [0, 0.1) is 0 Å². The van der Waals surface area contributed by atoms with Gasteiger partial charge < -0.3 is 5.73 Å². The lowest BCUT2D eigenvalue weighted by atomic mass is 10.0. The van der Waals surface area contributed by atoms with Crippen LogP contribution in [0.15, 0.2) is 79.0 Å². The molecule has 3 aromatic heterocycles. The number of nitrogens with two attached hydrogens (primary N) is 1. The zero-order valence-electron chi connectivity index (χ0n) is 15.3. The molecule has 0 aliphatic rings. The molecule has 0 amide bonds. The summed E-state index contributed by atoms with van der Waals surface area (Å²) in [6.45, 7) is 0. The minimum atomic E-state index is -0.535. The first kappa shape index (κ1) is 16.9. The Morgan fingerprint density at radius 3 is 2.48 bits per heavy atom. The minimum absolute atomic E-state index is 0.0827. The summed E-state index contributed by atoms with van der Waals surface area (Å²) in [7, 11) is 0. The van der Waals surface area contributed by atoms with Crippen LogP contribution in [0.2, 0.25) is 0 Å². The molecule has 5 rings (SSSR count). The van der Waals surface area contributed by atoms with Gasteiger partial charge in [-0.3, -0.25) is 14.8 Å². The van der Waals surface area contributed by atoms with Crippen LogP contribution in [0.1, 0.15) is 11.6 Å². The van der Waals surface area contributed by atoms with Gasteiger partial charge in [0, 0.05) is 23.3 Å². The molecule has 0 saturated heterocycles. The standard InChI is InChI=1S/C22H16N6O/c23-17(12-29)22(15-4-2-1-3-5-15)28-20-11-19-18(25-13-26-19)10-16(20)21(27-28)14-6-8-24-9-7-14/h1-11,13,22,27H,23H2. The predicted octanol–water partition coefficient (Wildman–Crippen LogP) is 3.24. The summed E-state index contributed by atoms with van der Waals surface area (Å²) in [6.07, 6.45) is 5.02. The van der Waals surface area contributed by atoms with E-state index < -0.39 is 6.04 Å². The van der Waals surface area contributed by atoms with E-state index in [9.17, 15) is 4.79 Å². The molecule has 7 heteroatoms. The number of rotatable bonds is 4. The molecule has 1 atom stereocenters. The number of hydrogen-bond acceptors (Lipinski definition) is 5. The van der Waals surface area contributed by atoms with E-state index in [0.29, 0.717) is 0 Å². The molecule has 3 heterocycles. The van der Waals surface area contributed by atoms with E-state index >= 15 is 0 Å². The Bertz CT molecular complexity index is 1360. The number of benzene rings is 2. The Balaban J connectivity index is 1.86. The summed E-state index contributed by atoms with van der Waals surface area (Å²) in [5, 5.41) is 4.39. The molecule has 2 aromatic carbocycles. The van der Waals surface area contributed by atoms with E-state index in [4.69, 9.17) is 5.73 Å². The molecule has 0 radical (unpaired) electrons. The maximum absolute atomic E-state index is 11.5. The predicted molar refractivity (Wildman–Crippen MR) is 111 cm³/mol. The van der Waals surface area contributed by atoms with Crippen LogP contribution in [0.5, 0.6) is 0 Å². The monoisotopic (exact) mass is 380 g/mol. The molecule has 5 aromatic rings. The van der Waals surface area contributed by atoms with Gasteiger partial charge in [-0.1, -0.05) is 30.3 Å². The maximum atomic E-state index is 11.5. The molecule has 3 N–H and O–H groups in total. The van der Waals surface area contributed by atoms with Crippen molar-refractivity contribution in [2.24, 2.45) is 5.73 Å². The quantitative estimate of drug-likeness (QED) is 0.466. The number of pyridine rings is 1. The fraction of sp³-hybridized carbons (Fsp3) is 0.0455. The van der Waals surface area contributed by atoms with Crippen molar-refractivity contribution in [1.29, 1.82) is 0 Å². The number of carbonyl (C=O) groups excluding carboxylic acids is 1. The summed E-state index contributed by atoms with van der Waals surface area (Å²) < 4.78 is 1.88. The molecular weight excluding hydrogens is 364 g/mol. The first-order chi connectivity index (χ1) is 14.3. The van der Waals surface area contributed by atoms with Crippen LogP contribution >= 0.6 is 0 Å². The zero-order chi connectivity index (χ0) is 19.8. The van der Waals surface area contributed by atoms with E-state index in [1.54, 1.807) is 12.4 Å². The zero-order valence-corrected chi connectivity index (χ0v) is 15.3. The third-order valence-corrected chi connectivity index (χ3v) is 5.00. The number of hydrogen-bond donors (Lipinski definition) is 2. The average molecular weight is 380 g/mol. The van der Waals surface area contributed by atoms with Crippen LogP contribution in [-0.4, -0.2) is 30.7 Å². The highest BCUT2D eigenvalue weighted by molar-refractivity contribution is 6.01. The summed E-state index contributed by atoms with van der Waals surface area (Å²) in [4.78, 5) is 24.3. The van der Waals surface area contributed by atoms with Crippen molar-refractivity contribution < 1.29 is 4.79 Å². The molecule has 0 spiro atoms. The maximum Gasteiger partial charge on any atom is 0.148 e. The van der Waals surface area contributed by atoms with Crippen molar-refractivity contribution in [2.75, 3.05) is 0 Å². The summed E-state index contributed by atoms with van der Waals surface area (Å²) in [5.74, 6) is 1.87. The fourth-order valence-electron chi connectivity index (χ4n) is 3.67. The van der Waals surface area contributed by atoms with Crippen molar-refractivity contribution in [3.05, 3.63) is 84.6 Å². The first-order valence-corrected chi connectivity index (χ1v) is 9.06. The van der Waals surface area contributed by atoms with E-state index in [1.165, 1.54) is 6.33 Å². The number of imidazole rings is 1. The Kier molecular flexibility index (Phi) is 3.93. The number of aromatic nitrogens is 5. The third kappa shape index (κ3) is 2.77. The van der Waals surface area contributed by atoms with E-state index in [1.807, 2.05) is 65.2 Å². The van der Waals surface area contributed by atoms with Crippen molar-refractivity contribution in [3.8, 4) is 11.3 Å². The van der Waals surface area contributed by atoms with Gasteiger partial charge in [-0.05, 0) is 29.8 Å². The van der Waals surface area contributed by atoms with E-state index in [-0.39, 0.29) is 5.70 Å². The molecule has 0 fully saturated rings. The number of allylic oxidation sites excluding steroid dienone is 1. The van der Waals surface area contributed by atoms with Crippen LogP contribution in [-0.2, 0) is 4.79 Å². The highest BCUT2D eigenvalue weighted by atomic mass is 16.1. The van der Waals surface area contributed by atoms with Gasteiger partial charge in [0.05, 0.1) is 22.2 Å². The van der Waals surface area contributed by atoms with Crippen LogP contribution < -0.4 is 5.73 Å². The van der Waals surface area contributed by atoms with Gasteiger partial charge in [0.1, 0.15) is 24.0 Å². The molecule has 140 valence electrons. The molecular formula is C22H16N6O. The average Bonchev–Trinajstić information content (AvgIpc) is 3.38. The van der Waals surface area contributed by atoms with Gasteiger partial charge in [-0.25, -0.2) is 14.8 Å². The first-order valence-electron chi connectivity index (χ1n) is 9.06. The summed E-state index contributed by atoms with van der Waals surface area (Å²) >= 11 is 0. The lowest BCUT2D eigenvalue weighted by Gasteiger charge is -2.19. The molecule has 1 unspecified atom stereocenters. The fourth-order valence-corrected chi connectivity index (χ4v) is 3.67. The Labute approximate surface area is 165 Å². The van der Waals surface area contributed by atoms with Crippen molar-refractivity contribution in [2.45, 2.75) is 6.04 Å². The summed E-state index contributed by atoms with van der Waals surface area (Å²) in [6, 6.07) is 16.9. The van der Waals surface area contributed by atoms with Crippen molar-refractivity contribution in [3.63, 3.8) is 0 Å². The number of fused-ring (bicyclic) bond motifs is 2. The Morgan fingerprint density at radius 2 is 1.76 bits per heavy atom. The Morgan fingerprint density at radius 1 is 1.03 bits per heavy atom. The van der Waals surface area contributed by atoms with Gasteiger partial charge in [0.15, 0.2) is 0 Å². The van der Waals surface area contributed by atoms with Crippen molar-refractivity contribution >= 4 is 27.9 Å². The smallest absolute Gasteiger partial charge is 0.148 e. The van der Waals surface area contributed by atoms with Gasteiger partial charge in [-0.2, -0.15) is 0 Å². The number of H-pyrrole nitrogens is 1. The van der Waals surface area contributed by atoms with E-state index in [2.05, 4.69) is 20.1 Å². The summed E-state index contributed by atoms with van der Waals surface area (Å²) in [5.41, 5.74) is 11.4. The number of nitrogens with one attached hydrogen (secondary N) is 1. The lowest BCUT2D eigenvalue weighted by molar-refractivity contribution is 0.554. The minimum Gasteiger partial charge on any atom is -0.391 e. The molecule has 0 saturated carbocycles. The number of nitrogens with zero attached hydrogens (tertiary/aromatic N) is 4. The molecule has 0 bridgehead atoms. The Hall–Kier alpha value is -4.22. The van der Waals surface area contributed by atoms with Gasteiger partial charge >= 0.3 is 0 Å². The topological polar surface area (TPSA) is 102 Å². The molecule has 0 aliphatic heterocycles. The van der Waals surface area contributed by atoms with Gasteiger partial charge in [0.25, 0.3) is 0 Å². The normalized spacial score (nSPS) is 12.1. The lowest BCUT2D eigenvalue weighted by Crippen LogP contribution is -2.20. The second-order valence-electron chi connectivity index (χ2n) is 6.70. The SMILES string of the molecule is NC(=C=O)C(c1ccccc1)n1[nH]c(-c2ccncc2)c2cc3ncnc3cc21. The van der Waals surface area contributed by atoms with Gasteiger partial charge in [0.2, 0.25) is 0 Å². The van der Waals surface area contributed by atoms with Crippen LogP contribution in [0.25, 0.3) is 33.2 Å². The highest BCUT2D eigenvalue weighted by Gasteiger charge is 2.23. The second-order valence-corrected chi connectivity index (χ2v) is 6.70. The van der Waals surface area contributed by atoms with E-state index in [0.717, 1.165) is 38.8 Å². The highest BCUT2D eigenvalue weighted by Crippen LogP contribution is 2.34.